The summed E-state index contributed by atoms with van der Waals surface area (Å²) in [5.74, 6) is 0.111. The van der Waals surface area contributed by atoms with Crippen molar-refractivity contribution in [3.05, 3.63) is 46.5 Å². The second kappa shape index (κ2) is 11.7. The SMILES string of the molecule is CCCCCCCCCCCC(c1cc(O)c(C)c(O)c1)c1cc(O)c(C)c(O)c1. The normalized spacial score (nSPS) is 11.3. The van der Waals surface area contributed by atoms with Crippen LogP contribution in [0, 0.1) is 13.8 Å². The predicted molar refractivity (Wildman–Crippen MR) is 123 cm³/mol. The number of aromatic hydroxyl groups is 4. The van der Waals surface area contributed by atoms with Crippen LogP contribution >= 0.6 is 0 Å². The molecule has 0 spiro atoms. The highest BCUT2D eigenvalue weighted by molar-refractivity contribution is 5.52. The maximum Gasteiger partial charge on any atom is 0.122 e. The van der Waals surface area contributed by atoms with E-state index in [1.165, 1.54) is 44.9 Å². The van der Waals surface area contributed by atoms with Gasteiger partial charge in [0.05, 0.1) is 0 Å². The van der Waals surface area contributed by atoms with Gasteiger partial charge in [0.2, 0.25) is 0 Å². The molecule has 0 unspecified atom stereocenters. The van der Waals surface area contributed by atoms with Crippen molar-refractivity contribution >= 4 is 0 Å². The van der Waals surface area contributed by atoms with E-state index < -0.39 is 0 Å². The fraction of sp³-hybridized carbons (Fsp3) is 0.538. The highest BCUT2D eigenvalue weighted by atomic mass is 16.3. The van der Waals surface area contributed by atoms with Crippen LogP contribution in [0.4, 0.5) is 0 Å². The molecule has 0 aliphatic rings. The lowest BCUT2D eigenvalue weighted by Crippen LogP contribution is -2.03. The molecule has 4 nitrogen and oxygen atoms in total. The first kappa shape index (κ1) is 23.9. The van der Waals surface area contributed by atoms with Crippen LogP contribution in [-0.4, -0.2) is 20.4 Å². The molecule has 2 rings (SSSR count). The first-order valence-corrected chi connectivity index (χ1v) is 11.4. The van der Waals surface area contributed by atoms with E-state index in [9.17, 15) is 20.4 Å². The molecule has 0 radical (unpaired) electrons. The number of hydrogen-bond acceptors (Lipinski definition) is 4. The number of phenolic OH excluding ortho intramolecular Hbond substituents is 4. The van der Waals surface area contributed by atoms with E-state index in [1.807, 2.05) is 0 Å². The van der Waals surface area contributed by atoms with Gasteiger partial charge in [-0.2, -0.15) is 0 Å². The van der Waals surface area contributed by atoms with Gasteiger partial charge in [0.25, 0.3) is 0 Å². The van der Waals surface area contributed by atoms with E-state index >= 15 is 0 Å². The molecule has 166 valence electrons. The van der Waals surface area contributed by atoms with Gasteiger partial charge in [0, 0.05) is 17.0 Å². The van der Waals surface area contributed by atoms with Gasteiger partial charge in [0.15, 0.2) is 0 Å². The summed E-state index contributed by atoms with van der Waals surface area (Å²) in [4.78, 5) is 0. The number of phenols is 4. The third kappa shape index (κ3) is 6.58. The van der Waals surface area contributed by atoms with Crippen LogP contribution in [0.1, 0.15) is 99.3 Å². The smallest absolute Gasteiger partial charge is 0.122 e. The summed E-state index contributed by atoms with van der Waals surface area (Å²) in [6.07, 6.45) is 12.0. The molecular weight excluding hydrogens is 376 g/mol. The van der Waals surface area contributed by atoms with Crippen LogP contribution in [0.25, 0.3) is 0 Å². The minimum Gasteiger partial charge on any atom is -0.508 e. The topological polar surface area (TPSA) is 80.9 Å². The van der Waals surface area contributed by atoms with E-state index in [1.54, 1.807) is 38.1 Å². The van der Waals surface area contributed by atoms with E-state index in [4.69, 9.17) is 0 Å². The molecule has 0 amide bonds. The Morgan fingerprint density at radius 1 is 0.567 bits per heavy atom. The minimum absolute atomic E-state index is 0.0580. The standard InChI is InChI=1S/C26H38O4/c1-4-5-6-7-8-9-10-11-12-13-22(20-14-23(27)18(2)24(28)15-20)21-16-25(29)19(3)26(30)17-21/h14-17,22,27-30H,4-13H2,1-3H3. The second-order valence-electron chi connectivity index (χ2n) is 8.54. The molecule has 0 aliphatic carbocycles. The first-order valence-electron chi connectivity index (χ1n) is 11.4. The number of hydrogen-bond donors (Lipinski definition) is 4. The van der Waals surface area contributed by atoms with Crippen LogP contribution in [0.15, 0.2) is 24.3 Å². The van der Waals surface area contributed by atoms with Crippen molar-refractivity contribution in [1.82, 2.24) is 0 Å². The maximum absolute atomic E-state index is 10.2. The molecule has 30 heavy (non-hydrogen) atoms. The highest BCUT2D eigenvalue weighted by Gasteiger charge is 2.19. The van der Waals surface area contributed by atoms with Crippen molar-refractivity contribution < 1.29 is 20.4 Å². The zero-order chi connectivity index (χ0) is 22.1. The molecule has 4 N–H and O–H groups in total. The molecule has 0 fully saturated rings. The average molecular weight is 415 g/mol. The van der Waals surface area contributed by atoms with Crippen LogP contribution in [0.2, 0.25) is 0 Å². The summed E-state index contributed by atoms with van der Waals surface area (Å²) in [6, 6.07) is 6.73. The Morgan fingerprint density at radius 3 is 1.27 bits per heavy atom. The molecule has 0 heterocycles. The first-order chi connectivity index (χ1) is 14.3. The van der Waals surface area contributed by atoms with Gasteiger partial charge in [-0.3, -0.25) is 0 Å². The zero-order valence-corrected chi connectivity index (χ0v) is 18.7. The summed E-state index contributed by atoms with van der Waals surface area (Å²) in [5, 5.41) is 40.8. The second-order valence-corrected chi connectivity index (χ2v) is 8.54. The summed E-state index contributed by atoms with van der Waals surface area (Å²) in [6.45, 7) is 5.58. The Kier molecular flexibility index (Phi) is 9.35. The Balaban J connectivity index is 2.08. The van der Waals surface area contributed by atoms with Crippen LogP contribution < -0.4 is 0 Å². The molecule has 0 aromatic heterocycles. The lowest BCUT2D eigenvalue weighted by molar-refractivity contribution is 0.438. The predicted octanol–water partition coefficient (Wildman–Crippen LogP) is 7.18. The van der Waals surface area contributed by atoms with E-state index in [0.29, 0.717) is 11.1 Å². The largest absolute Gasteiger partial charge is 0.508 e. The summed E-state index contributed by atoms with van der Waals surface area (Å²) in [5.41, 5.74) is 2.49. The molecule has 0 aliphatic heterocycles. The van der Waals surface area contributed by atoms with Crippen molar-refractivity contribution in [1.29, 1.82) is 0 Å². The van der Waals surface area contributed by atoms with Gasteiger partial charge in [0.1, 0.15) is 23.0 Å². The summed E-state index contributed by atoms with van der Waals surface area (Å²) >= 11 is 0. The molecule has 0 atom stereocenters. The van der Waals surface area contributed by atoms with Crippen molar-refractivity contribution in [2.24, 2.45) is 0 Å². The molecule has 0 saturated carbocycles. The van der Waals surface area contributed by atoms with Crippen LogP contribution in [-0.2, 0) is 0 Å². The minimum atomic E-state index is -0.121. The Hall–Kier alpha value is -2.36. The quantitative estimate of drug-likeness (QED) is 0.277. The van der Waals surface area contributed by atoms with Crippen molar-refractivity contribution in [2.75, 3.05) is 0 Å². The van der Waals surface area contributed by atoms with E-state index in [2.05, 4.69) is 6.92 Å². The van der Waals surface area contributed by atoms with Crippen molar-refractivity contribution in [3.8, 4) is 23.0 Å². The van der Waals surface area contributed by atoms with Gasteiger partial charge in [-0.25, -0.2) is 0 Å². The Bertz CT molecular complexity index is 709. The summed E-state index contributed by atoms with van der Waals surface area (Å²) in [7, 11) is 0. The molecule has 0 saturated heterocycles. The van der Waals surface area contributed by atoms with E-state index in [0.717, 1.165) is 30.4 Å². The van der Waals surface area contributed by atoms with Gasteiger partial charge in [-0.15, -0.1) is 0 Å². The molecule has 0 bridgehead atoms. The Labute approximate surface area is 181 Å². The van der Waals surface area contributed by atoms with Crippen molar-refractivity contribution in [2.45, 2.75) is 90.9 Å². The number of rotatable bonds is 12. The van der Waals surface area contributed by atoms with Crippen molar-refractivity contribution in [3.63, 3.8) is 0 Å². The number of benzene rings is 2. The zero-order valence-electron chi connectivity index (χ0n) is 18.7. The molecule has 2 aromatic rings. The lowest BCUT2D eigenvalue weighted by Gasteiger charge is -2.21. The molecule has 4 heteroatoms. The molecule has 2 aromatic carbocycles. The van der Waals surface area contributed by atoms with E-state index in [-0.39, 0.29) is 28.9 Å². The fourth-order valence-electron chi connectivity index (χ4n) is 4.00. The number of unbranched alkanes of at least 4 members (excludes halogenated alkanes) is 8. The monoisotopic (exact) mass is 414 g/mol. The van der Waals surface area contributed by atoms with Gasteiger partial charge < -0.3 is 20.4 Å². The van der Waals surface area contributed by atoms with Crippen LogP contribution in [0.5, 0.6) is 23.0 Å². The van der Waals surface area contributed by atoms with Gasteiger partial charge >= 0.3 is 0 Å². The van der Waals surface area contributed by atoms with Gasteiger partial charge in [-0.1, -0.05) is 64.7 Å². The lowest BCUT2D eigenvalue weighted by atomic mass is 9.85. The fourth-order valence-corrected chi connectivity index (χ4v) is 4.00. The van der Waals surface area contributed by atoms with Gasteiger partial charge in [-0.05, 0) is 55.7 Å². The average Bonchev–Trinajstić information content (AvgIpc) is 2.71. The highest BCUT2D eigenvalue weighted by Crippen LogP contribution is 2.40. The third-order valence-electron chi connectivity index (χ3n) is 6.15. The Morgan fingerprint density at radius 2 is 0.900 bits per heavy atom. The molecular formula is C26H38O4. The maximum atomic E-state index is 10.2. The summed E-state index contributed by atoms with van der Waals surface area (Å²) < 4.78 is 0. The van der Waals surface area contributed by atoms with Crippen LogP contribution in [0.3, 0.4) is 0 Å². The third-order valence-corrected chi connectivity index (χ3v) is 6.15.